The summed E-state index contributed by atoms with van der Waals surface area (Å²) >= 11 is 0. The third-order valence-corrected chi connectivity index (χ3v) is 4.37. The highest BCUT2D eigenvalue weighted by Crippen LogP contribution is 2.19. The van der Waals surface area contributed by atoms with Crippen LogP contribution >= 0.6 is 0 Å². The molecule has 1 aliphatic heterocycles. The summed E-state index contributed by atoms with van der Waals surface area (Å²) in [7, 11) is 0. The first-order chi connectivity index (χ1) is 12.6. The molecule has 1 amide bonds. The smallest absolute Gasteiger partial charge is 0.318 e. The van der Waals surface area contributed by atoms with Crippen molar-refractivity contribution in [2.45, 2.75) is 32.6 Å². The highest BCUT2D eigenvalue weighted by molar-refractivity contribution is 5.76. The number of carbonyl (C=O) groups excluding carboxylic acids is 1. The number of hydrogen-bond donors (Lipinski definition) is 0. The summed E-state index contributed by atoms with van der Waals surface area (Å²) in [5.74, 6) is 1.89. The molecule has 0 bridgehead atoms. The monoisotopic (exact) mass is 358 g/mol. The zero-order valence-electron chi connectivity index (χ0n) is 15.4. The van der Waals surface area contributed by atoms with E-state index in [1.807, 2.05) is 54.0 Å². The molecule has 1 aromatic heterocycles. The van der Waals surface area contributed by atoms with Gasteiger partial charge in [-0.05, 0) is 18.6 Å². The van der Waals surface area contributed by atoms with Crippen LogP contribution in [0.25, 0.3) is 0 Å². The molecule has 140 valence electrons. The van der Waals surface area contributed by atoms with Crippen LogP contribution in [-0.4, -0.2) is 53.8 Å². The van der Waals surface area contributed by atoms with E-state index in [-0.39, 0.29) is 11.8 Å². The number of carbonyl (C=O) groups is 1. The second-order valence-electron chi connectivity index (χ2n) is 6.71. The molecule has 0 N–H and O–H groups in total. The SMILES string of the molecule is CC(C)c1nnc(N2CCN(C(=O)CCCOc3ccccc3)CC2)o1. The Bertz CT molecular complexity index is 694. The molecule has 3 rings (SSSR count). The third-order valence-electron chi connectivity index (χ3n) is 4.37. The van der Waals surface area contributed by atoms with E-state index in [2.05, 4.69) is 10.2 Å². The lowest BCUT2D eigenvalue weighted by Gasteiger charge is -2.33. The molecule has 1 aromatic carbocycles. The molecule has 7 nitrogen and oxygen atoms in total. The van der Waals surface area contributed by atoms with Crippen molar-refractivity contribution in [3.63, 3.8) is 0 Å². The summed E-state index contributed by atoms with van der Waals surface area (Å²) in [5.41, 5.74) is 0. The Morgan fingerprint density at radius 1 is 1.15 bits per heavy atom. The van der Waals surface area contributed by atoms with Crippen LogP contribution in [0.2, 0.25) is 0 Å². The Kier molecular flexibility index (Phi) is 6.09. The number of hydrogen-bond acceptors (Lipinski definition) is 6. The predicted octanol–water partition coefficient (Wildman–Crippen LogP) is 2.70. The Balaban J connectivity index is 1.37. The summed E-state index contributed by atoms with van der Waals surface area (Å²) < 4.78 is 11.3. The minimum absolute atomic E-state index is 0.176. The van der Waals surface area contributed by atoms with E-state index >= 15 is 0 Å². The van der Waals surface area contributed by atoms with E-state index < -0.39 is 0 Å². The largest absolute Gasteiger partial charge is 0.494 e. The molecular weight excluding hydrogens is 332 g/mol. The first-order valence-corrected chi connectivity index (χ1v) is 9.17. The lowest BCUT2D eigenvalue weighted by molar-refractivity contribution is -0.131. The van der Waals surface area contributed by atoms with Gasteiger partial charge >= 0.3 is 6.01 Å². The first-order valence-electron chi connectivity index (χ1n) is 9.17. The molecule has 1 saturated heterocycles. The van der Waals surface area contributed by atoms with Gasteiger partial charge in [0.15, 0.2) is 0 Å². The van der Waals surface area contributed by atoms with Gasteiger partial charge in [0.1, 0.15) is 5.75 Å². The quantitative estimate of drug-likeness (QED) is 0.709. The van der Waals surface area contributed by atoms with Crippen molar-refractivity contribution in [1.29, 1.82) is 0 Å². The number of amides is 1. The number of rotatable bonds is 7. The van der Waals surface area contributed by atoms with Crippen LogP contribution < -0.4 is 9.64 Å². The topological polar surface area (TPSA) is 71.7 Å². The van der Waals surface area contributed by atoms with Gasteiger partial charge in [0.2, 0.25) is 11.8 Å². The molecular formula is C19H26N4O3. The maximum Gasteiger partial charge on any atom is 0.318 e. The molecule has 1 fully saturated rings. The van der Waals surface area contributed by atoms with Crippen LogP contribution in [-0.2, 0) is 4.79 Å². The normalized spacial score (nSPS) is 14.7. The van der Waals surface area contributed by atoms with Crippen LogP contribution in [0.3, 0.4) is 0 Å². The van der Waals surface area contributed by atoms with Gasteiger partial charge in [-0.2, -0.15) is 0 Å². The van der Waals surface area contributed by atoms with Crippen LogP contribution in [0.15, 0.2) is 34.7 Å². The molecule has 0 spiro atoms. The molecule has 26 heavy (non-hydrogen) atoms. The molecule has 1 aliphatic rings. The van der Waals surface area contributed by atoms with Gasteiger partial charge in [0.05, 0.1) is 6.61 Å². The van der Waals surface area contributed by atoms with E-state index in [1.54, 1.807) is 0 Å². The molecule has 0 aliphatic carbocycles. The average molecular weight is 358 g/mol. The summed E-state index contributed by atoms with van der Waals surface area (Å²) in [6, 6.07) is 10.2. The lowest BCUT2D eigenvalue weighted by Crippen LogP contribution is -2.49. The van der Waals surface area contributed by atoms with Crippen molar-refractivity contribution >= 4 is 11.9 Å². The van der Waals surface area contributed by atoms with Gasteiger partial charge in [-0.25, -0.2) is 0 Å². The third kappa shape index (κ3) is 4.74. The highest BCUT2D eigenvalue weighted by atomic mass is 16.5. The number of para-hydroxylation sites is 1. The van der Waals surface area contributed by atoms with Crippen molar-refractivity contribution in [2.75, 3.05) is 37.7 Å². The van der Waals surface area contributed by atoms with E-state index in [9.17, 15) is 4.79 Å². The summed E-state index contributed by atoms with van der Waals surface area (Å²) in [4.78, 5) is 16.3. The number of anilines is 1. The van der Waals surface area contributed by atoms with E-state index in [0.29, 0.717) is 51.1 Å². The maximum absolute atomic E-state index is 12.3. The average Bonchev–Trinajstić information content (AvgIpc) is 3.17. The highest BCUT2D eigenvalue weighted by Gasteiger charge is 2.24. The Hall–Kier alpha value is -2.57. The molecule has 2 heterocycles. The van der Waals surface area contributed by atoms with Gasteiger partial charge in [-0.1, -0.05) is 37.1 Å². The fourth-order valence-electron chi connectivity index (χ4n) is 2.82. The van der Waals surface area contributed by atoms with Crippen molar-refractivity contribution in [3.05, 3.63) is 36.2 Å². The van der Waals surface area contributed by atoms with Crippen molar-refractivity contribution < 1.29 is 13.9 Å². The van der Waals surface area contributed by atoms with Crippen LogP contribution in [0.1, 0.15) is 38.5 Å². The number of benzene rings is 1. The molecule has 0 atom stereocenters. The lowest BCUT2D eigenvalue weighted by atomic mass is 10.2. The molecule has 7 heteroatoms. The van der Waals surface area contributed by atoms with Gasteiger partial charge < -0.3 is 19.0 Å². The summed E-state index contributed by atoms with van der Waals surface area (Å²) in [6.07, 6.45) is 1.22. The molecule has 0 unspecified atom stereocenters. The second kappa shape index (κ2) is 8.69. The van der Waals surface area contributed by atoms with Gasteiger partial charge in [-0.15, -0.1) is 5.10 Å². The minimum Gasteiger partial charge on any atom is -0.494 e. The Morgan fingerprint density at radius 2 is 1.88 bits per heavy atom. The molecule has 0 radical (unpaired) electrons. The minimum atomic E-state index is 0.176. The number of nitrogens with zero attached hydrogens (tertiary/aromatic N) is 4. The second-order valence-corrected chi connectivity index (χ2v) is 6.71. The fourth-order valence-corrected chi connectivity index (χ4v) is 2.82. The van der Waals surface area contributed by atoms with Gasteiger partial charge in [0.25, 0.3) is 0 Å². The Labute approximate surface area is 153 Å². The van der Waals surface area contributed by atoms with Crippen LogP contribution in [0.4, 0.5) is 6.01 Å². The molecule has 0 saturated carbocycles. The summed E-state index contributed by atoms with van der Waals surface area (Å²) in [6.45, 7) is 7.38. The molecule has 2 aromatic rings. The zero-order chi connectivity index (χ0) is 18.4. The van der Waals surface area contributed by atoms with Gasteiger partial charge in [-0.3, -0.25) is 4.79 Å². The van der Waals surface area contributed by atoms with Crippen molar-refractivity contribution in [3.8, 4) is 5.75 Å². The van der Waals surface area contributed by atoms with Crippen LogP contribution in [0, 0.1) is 0 Å². The first kappa shape index (κ1) is 18.2. The van der Waals surface area contributed by atoms with Crippen LogP contribution in [0.5, 0.6) is 5.75 Å². The van der Waals surface area contributed by atoms with E-state index in [4.69, 9.17) is 9.15 Å². The standard InChI is InChI=1S/C19H26N4O3/c1-15(2)18-20-21-19(26-18)23-12-10-22(11-13-23)17(24)9-6-14-25-16-7-4-3-5-8-16/h3-5,7-8,15H,6,9-14H2,1-2H3. The predicted molar refractivity (Wildman–Crippen MR) is 98.4 cm³/mol. The number of piperazine rings is 1. The number of ether oxygens (including phenoxy) is 1. The van der Waals surface area contributed by atoms with Crippen molar-refractivity contribution in [1.82, 2.24) is 15.1 Å². The fraction of sp³-hybridized carbons (Fsp3) is 0.526. The van der Waals surface area contributed by atoms with E-state index in [1.165, 1.54) is 0 Å². The van der Waals surface area contributed by atoms with E-state index in [0.717, 1.165) is 12.2 Å². The van der Waals surface area contributed by atoms with Crippen molar-refractivity contribution in [2.24, 2.45) is 0 Å². The van der Waals surface area contributed by atoms with Gasteiger partial charge in [0, 0.05) is 38.5 Å². The number of aromatic nitrogens is 2. The summed E-state index contributed by atoms with van der Waals surface area (Å²) in [5, 5.41) is 8.18. The maximum atomic E-state index is 12.3. The Morgan fingerprint density at radius 3 is 2.54 bits per heavy atom. The zero-order valence-corrected chi connectivity index (χ0v) is 15.4.